The average molecular weight is 501 g/mol. The topological polar surface area (TPSA) is 108 Å². The molecule has 1 aromatic carbocycles. The lowest BCUT2D eigenvalue weighted by Crippen LogP contribution is -2.52. The minimum absolute atomic E-state index is 0.0661. The maximum atomic E-state index is 12.8. The van der Waals surface area contributed by atoms with Crippen LogP contribution in [0, 0.1) is 0 Å². The number of thiophene rings is 1. The Morgan fingerprint density at radius 2 is 2.03 bits per heavy atom. The normalized spacial score (nSPS) is 18.2. The average Bonchev–Trinajstić information content (AvgIpc) is 3.26. The number of anilines is 1. The standard InChI is InChI=1S/C20H16ClF3N4O4S/c21-13-5-9(1-2-12(13)20(22,23)24)26-19(32)25-6-15-10-7-28(18(31)11(10)8-33-15)14-3-4-16(29)27-17(14)30/h1-2,5,8,14H,3-4,6-7H2,(H2,25,26,32)(H,27,29,30). The van der Waals surface area contributed by atoms with Crippen LogP contribution in [0.1, 0.15) is 39.2 Å². The molecule has 0 spiro atoms. The summed E-state index contributed by atoms with van der Waals surface area (Å²) in [5.41, 5.74) is 0.208. The van der Waals surface area contributed by atoms with Crippen LogP contribution in [0.25, 0.3) is 0 Å². The maximum Gasteiger partial charge on any atom is 0.417 e. The van der Waals surface area contributed by atoms with E-state index >= 15 is 0 Å². The summed E-state index contributed by atoms with van der Waals surface area (Å²) in [6, 6.07) is 1.47. The number of nitrogens with one attached hydrogen (secondary N) is 3. The molecule has 1 aromatic heterocycles. The van der Waals surface area contributed by atoms with E-state index in [4.69, 9.17) is 11.6 Å². The van der Waals surface area contributed by atoms with E-state index in [-0.39, 0.29) is 43.4 Å². The number of alkyl halides is 3. The molecule has 1 saturated heterocycles. The molecule has 3 N–H and O–H groups in total. The largest absolute Gasteiger partial charge is 0.417 e. The van der Waals surface area contributed by atoms with Gasteiger partial charge >= 0.3 is 12.2 Å². The highest BCUT2D eigenvalue weighted by Gasteiger charge is 2.40. The Labute approximate surface area is 194 Å². The Kier molecular flexibility index (Phi) is 6.06. The van der Waals surface area contributed by atoms with Crippen molar-refractivity contribution in [2.24, 2.45) is 0 Å². The van der Waals surface area contributed by atoms with Crippen molar-refractivity contribution in [2.75, 3.05) is 5.32 Å². The molecule has 5 amide bonds. The molecule has 0 bridgehead atoms. The Morgan fingerprint density at radius 1 is 1.27 bits per heavy atom. The number of hydrogen-bond acceptors (Lipinski definition) is 5. The lowest BCUT2D eigenvalue weighted by Gasteiger charge is -2.29. The number of nitrogens with zero attached hydrogens (tertiary/aromatic N) is 1. The summed E-state index contributed by atoms with van der Waals surface area (Å²) in [6.45, 7) is 0.244. The fraction of sp³-hybridized carbons (Fsp3) is 0.300. The van der Waals surface area contributed by atoms with E-state index in [2.05, 4.69) is 16.0 Å². The first kappa shape index (κ1) is 23.1. The van der Waals surface area contributed by atoms with E-state index in [0.717, 1.165) is 18.2 Å². The molecule has 2 aliphatic heterocycles. The monoisotopic (exact) mass is 500 g/mol. The molecular formula is C20H16ClF3N4O4S. The Hall–Kier alpha value is -3.12. The van der Waals surface area contributed by atoms with Gasteiger partial charge in [0.1, 0.15) is 6.04 Å². The number of piperidine rings is 1. The second-order valence-electron chi connectivity index (χ2n) is 7.45. The lowest BCUT2D eigenvalue weighted by atomic mass is 10.0. The molecule has 0 radical (unpaired) electrons. The zero-order valence-corrected chi connectivity index (χ0v) is 18.3. The molecule has 13 heteroatoms. The number of hydrogen-bond donors (Lipinski definition) is 3. The van der Waals surface area contributed by atoms with E-state index in [0.29, 0.717) is 16.0 Å². The zero-order valence-electron chi connectivity index (χ0n) is 16.7. The van der Waals surface area contributed by atoms with Crippen molar-refractivity contribution < 1.29 is 32.3 Å². The van der Waals surface area contributed by atoms with Crippen LogP contribution < -0.4 is 16.0 Å². The van der Waals surface area contributed by atoms with E-state index < -0.39 is 34.7 Å². The van der Waals surface area contributed by atoms with Crippen molar-refractivity contribution in [3.63, 3.8) is 0 Å². The van der Waals surface area contributed by atoms with Crippen LogP contribution in [0.2, 0.25) is 5.02 Å². The summed E-state index contributed by atoms with van der Waals surface area (Å²) in [7, 11) is 0. The predicted octanol–water partition coefficient (Wildman–Crippen LogP) is 3.50. The van der Waals surface area contributed by atoms with E-state index in [9.17, 15) is 32.3 Å². The number of imide groups is 1. The summed E-state index contributed by atoms with van der Waals surface area (Å²) in [6.07, 6.45) is -4.21. The van der Waals surface area contributed by atoms with Gasteiger partial charge in [-0.3, -0.25) is 19.7 Å². The Bertz CT molecular complexity index is 1170. The number of amides is 5. The number of urea groups is 1. The van der Waals surface area contributed by atoms with Crippen LogP contribution in [0.4, 0.5) is 23.7 Å². The number of carbonyl (C=O) groups excluding carboxylic acids is 4. The molecule has 8 nitrogen and oxygen atoms in total. The summed E-state index contributed by atoms with van der Waals surface area (Å²) in [5.74, 6) is -1.20. The van der Waals surface area contributed by atoms with Crippen LogP contribution in [0.5, 0.6) is 0 Å². The molecular weight excluding hydrogens is 485 g/mol. The minimum atomic E-state index is -4.60. The fourth-order valence-corrected chi connectivity index (χ4v) is 4.97. The van der Waals surface area contributed by atoms with Crippen LogP contribution in [0.15, 0.2) is 23.6 Å². The SMILES string of the molecule is O=C1CCC(N2Cc3c(csc3CNC(=O)Nc3ccc(C(F)(F)F)c(Cl)c3)C2=O)C(=O)N1. The molecule has 0 aliphatic carbocycles. The maximum absolute atomic E-state index is 12.8. The molecule has 1 fully saturated rings. The highest BCUT2D eigenvalue weighted by Crippen LogP contribution is 2.36. The summed E-state index contributed by atoms with van der Waals surface area (Å²) in [5, 5.41) is 8.35. The smallest absolute Gasteiger partial charge is 0.333 e. The molecule has 33 heavy (non-hydrogen) atoms. The van der Waals surface area contributed by atoms with Gasteiger partial charge in [0.25, 0.3) is 5.91 Å². The summed E-state index contributed by atoms with van der Waals surface area (Å²) < 4.78 is 38.4. The van der Waals surface area contributed by atoms with Crippen LogP contribution in [-0.4, -0.2) is 34.7 Å². The van der Waals surface area contributed by atoms with Gasteiger partial charge in [-0.25, -0.2) is 4.79 Å². The van der Waals surface area contributed by atoms with Crippen molar-refractivity contribution >= 4 is 52.4 Å². The molecule has 4 rings (SSSR count). The van der Waals surface area contributed by atoms with Crippen LogP contribution in [0.3, 0.4) is 0 Å². The van der Waals surface area contributed by atoms with Gasteiger partial charge in [-0.05, 0) is 30.2 Å². The second-order valence-corrected chi connectivity index (χ2v) is 8.82. The van der Waals surface area contributed by atoms with E-state index in [1.165, 1.54) is 16.2 Å². The molecule has 3 heterocycles. The first-order chi connectivity index (χ1) is 15.5. The zero-order chi connectivity index (χ0) is 23.9. The second kappa shape index (κ2) is 8.67. The Morgan fingerprint density at radius 3 is 2.70 bits per heavy atom. The number of fused-ring (bicyclic) bond motifs is 1. The van der Waals surface area contributed by atoms with Crippen molar-refractivity contribution in [3.05, 3.63) is 50.2 Å². The molecule has 174 valence electrons. The van der Waals surface area contributed by atoms with Crippen LogP contribution in [-0.2, 0) is 28.9 Å². The number of rotatable bonds is 4. The quantitative estimate of drug-likeness (QED) is 0.558. The van der Waals surface area contributed by atoms with Gasteiger partial charge < -0.3 is 15.5 Å². The fourth-order valence-electron chi connectivity index (χ4n) is 3.71. The summed E-state index contributed by atoms with van der Waals surface area (Å²) >= 11 is 6.93. The van der Waals surface area contributed by atoms with E-state index in [1.54, 1.807) is 5.38 Å². The van der Waals surface area contributed by atoms with Gasteiger partial charge in [-0.1, -0.05) is 11.6 Å². The lowest BCUT2D eigenvalue weighted by molar-refractivity contribution is -0.138. The van der Waals surface area contributed by atoms with E-state index in [1.807, 2.05) is 0 Å². The first-order valence-corrected chi connectivity index (χ1v) is 11.0. The number of benzene rings is 1. The van der Waals surface area contributed by atoms with Crippen molar-refractivity contribution in [1.29, 1.82) is 0 Å². The van der Waals surface area contributed by atoms with Crippen LogP contribution >= 0.6 is 22.9 Å². The molecule has 2 aliphatic rings. The number of halogens is 4. The molecule has 2 aromatic rings. The summed E-state index contributed by atoms with van der Waals surface area (Å²) in [4.78, 5) is 50.5. The molecule has 1 atom stereocenters. The molecule has 1 unspecified atom stereocenters. The van der Waals surface area contributed by atoms with Crippen molar-refractivity contribution in [3.8, 4) is 0 Å². The van der Waals surface area contributed by atoms with Crippen molar-refractivity contribution in [2.45, 2.75) is 38.1 Å². The van der Waals surface area contributed by atoms with Gasteiger partial charge in [0.2, 0.25) is 11.8 Å². The third-order valence-electron chi connectivity index (χ3n) is 5.33. The third kappa shape index (κ3) is 4.67. The minimum Gasteiger partial charge on any atom is -0.333 e. The third-order valence-corrected chi connectivity index (χ3v) is 6.67. The number of carbonyl (C=O) groups is 4. The highest BCUT2D eigenvalue weighted by atomic mass is 35.5. The van der Waals surface area contributed by atoms with Crippen molar-refractivity contribution in [1.82, 2.24) is 15.5 Å². The highest BCUT2D eigenvalue weighted by molar-refractivity contribution is 7.10. The molecule has 0 saturated carbocycles. The van der Waals surface area contributed by atoms with Gasteiger partial charge in [-0.15, -0.1) is 11.3 Å². The van der Waals surface area contributed by atoms with Gasteiger partial charge in [-0.2, -0.15) is 13.2 Å². The van der Waals surface area contributed by atoms with Gasteiger partial charge in [0, 0.05) is 28.9 Å². The van der Waals surface area contributed by atoms with Gasteiger partial charge in [0.05, 0.1) is 22.7 Å². The first-order valence-electron chi connectivity index (χ1n) is 9.70. The Balaban J connectivity index is 1.38. The van der Waals surface area contributed by atoms with Gasteiger partial charge in [0.15, 0.2) is 0 Å². The predicted molar refractivity (Wildman–Crippen MR) is 113 cm³/mol.